The topological polar surface area (TPSA) is 55.5 Å². The van der Waals surface area contributed by atoms with Crippen LogP contribution >= 0.6 is 0 Å². The van der Waals surface area contributed by atoms with Gasteiger partial charge in [-0.2, -0.15) is 0 Å². The van der Waals surface area contributed by atoms with E-state index < -0.39 is 0 Å². The van der Waals surface area contributed by atoms with Gasteiger partial charge in [0.2, 0.25) is 0 Å². The summed E-state index contributed by atoms with van der Waals surface area (Å²) in [5.74, 6) is 1.42. The van der Waals surface area contributed by atoms with Gasteiger partial charge in [0.1, 0.15) is 5.75 Å². The third-order valence-corrected chi connectivity index (χ3v) is 4.10. The molecule has 0 aromatic heterocycles. The van der Waals surface area contributed by atoms with Crippen LogP contribution in [0.5, 0.6) is 5.75 Å². The molecular weight excluding hydrogens is 226 g/mol. The van der Waals surface area contributed by atoms with Crippen LogP contribution in [0.3, 0.4) is 0 Å². The quantitative estimate of drug-likeness (QED) is 0.860. The average molecular weight is 249 g/mol. The molecule has 0 amide bonds. The normalized spacial score (nSPS) is 25.7. The fraction of sp³-hybridized carbons (Fsp3) is 0.600. The Bertz CT molecular complexity index is 363. The van der Waals surface area contributed by atoms with Gasteiger partial charge in [0, 0.05) is 5.92 Å². The Kier molecular flexibility index (Phi) is 4.61. The summed E-state index contributed by atoms with van der Waals surface area (Å²) >= 11 is 0. The maximum absolute atomic E-state index is 10.2. The number of aliphatic hydroxyl groups is 1. The molecule has 2 rings (SSSR count). The molecule has 3 heteroatoms. The molecule has 0 bridgehead atoms. The Labute approximate surface area is 109 Å². The summed E-state index contributed by atoms with van der Waals surface area (Å²) in [7, 11) is 1.67. The second kappa shape index (κ2) is 6.21. The minimum Gasteiger partial charge on any atom is -0.497 e. The van der Waals surface area contributed by atoms with E-state index in [-0.39, 0.29) is 12.0 Å². The Hall–Kier alpha value is -1.06. The van der Waals surface area contributed by atoms with Crippen molar-refractivity contribution in [1.29, 1.82) is 0 Å². The Balaban J connectivity index is 2.15. The lowest BCUT2D eigenvalue weighted by atomic mass is 9.75. The fourth-order valence-corrected chi connectivity index (χ4v) is 3.02. The summed E-state index contributed by atoms with van der Waals surface area (Å²) in [6.45, 7) is 0.591. The highest BCUT2D eigenvalue weighted by molar-refractivity contribution is 5.30. The number of methoxy groups -OCH3 is 1. The van der Waals surface area contributed by atoms with Gasteiger partial charge in [0.05, 0.1) is 13.2 Å². The van der Waals surface area contributed by atoms with Crippen LogP contribution in [-0.4, -0.2) is 24.9 Å². The minimum atomic E-state index is -0.200. The largest absolute Gasteiger partial charge is 0.497 e. The summed E-state index contributed by atoms with van der Waals surface area (Å²) in [5.41, 5.74) is 7.14. The summed E-state index contributed by atoms with van der Waals surface area (Å²) in [5, 5.41) is 10.2. The number of benzene rings is 1. The third kappa shape index (κ3) is 2.85. The maximum atomic E-state index is 10.2. The van der Waals surface area contributed by atoms with E-state index >= 15 is 0 Å². The van der Waals surface area contributed by atoms with Crippen LogP contribution in [0.15, 0.2) is 24.3 Å². The molecule has 0 spiro atoms. The summed E-state index contributed by atoms with van der Waals surface area (Å²) in [4.78, 5) is 0. The molecule has 18 heavy (non-hydrogen) atoms. The molecule has 1 aromatic rings. The molecule has 3 atom stereocenters. The molecule has 3 nitrogen and oxygen atoms in total. The van der Waals surface area contributed by atoms with Crippen molar-refractivity contribution in [2.45, 2.75) is 37.7 Å². The first-order chi connectivity index (χ1) is 8.76. The van der Waals surface area contributed by atoms with Crippen LogP contribution in [0.4, 0.5) is 0 Å². The fourth-order valence-electron chi connectivity index (χ4n) is 3.02. The molecule has 0 radical (unpaired) electrons. The minimum absolute atomic E-state index is 0.200. The van der Waals surface area contributed by atoms with Crippen LogP contribution < -0.4 is 10.5 Å². The number of rotatable bonds is 4. The van der Waals surface area contributed by atoms with Crippen molar-refractivity contribution in [3.05, 3.63) is 29.8 Å². The standard InChI is InChI=1S/C15H23NO2/c1-18-12-8-6-11(7-9-12)14(10-16)13-4-2-3-5-15(13)17/h6-9,13-15,17H,2-5,10,16H2,1H3/t13?,14-,15-/m0/s1. The molecule has 0 heterocycles. The van der Waals surface area contributed by atoms with Crippen molar-refractivity contribution in [2.24, 2.45) is 11.7 Å². The Morgan fingerprint density at radius 1 is 1.28 bits per heavy atom. The zero-order valence-electron chi connectivity index (χ0n) is 11.0. The van der Waals surface area contributed by atoms with Crippen molar-refractivity contribution < 1.29 is 9.84 Å². The summed E-state index contributed by atoms with van der Waals surface area (Å²) in [6.07, 6.45) is 4.13. The van der Waals surface area contributed by atoms with E-state index in [1.165, 1.54) is 12.0 Å². The van der Waals surface area contributed by atoms with E-state index in [2.05, 4.69) is 12.1 Å². The molecule has 1 unspecified atom stereocenters. The van der Waals surface area contributed by atoms with Gasteiger partial charge in [-0.1, -0.05) is 25.0 Å². The molecule has 0 aliphatic heterocycles. The molecule has 1 saturated carbocycles. The van der Waals surface area contributed by atoms with E-state index in [1.54, 1.807) is 7.11 Å². The highest BCUT2D eigenvalue weighted by Gasteiger charge is 2.30. The van der Waals surface area contributed by atoms with Crippen LogP contribution in [0.2, 0.25) is 0 Å². The van der Waals surface area contributed by atoms with Crippen LogP contribution in [0.25, 0.3) is 0 Å². The maximum Gasteiger partial charge on any atom is 0.118 e. The van der Waals surface area contributed by atoms with Crippen molar-refractivity contribution in [2.75, 3.05) is 13.7 Å². The van der Waals surface area contributed by atoms with Crippen LogP contribution in [0.1, 0.15) is 37.2 Å². The van der Waals surface area contributed by atoms with E-state index in [0.717, 1.165) is 25.0 Å². The molecule has 3 N–H and O–H groups in total. The first-order valence-electron chi connectivity index (χ1n) is 6.78. The van der Waals surface area contributed by atoms with Gasteiger partial charge < -0.3 is 15.6 Å². The van der Waals surface area contributed by atoms with E-state index in [1.807, 2.05) is 12.1 Å². The first-order valence-corrected chi connectivity index (χ1v) is 6.78. The van der Waals surface area contributed by atoms with Crippen LogP contribution in [-0.2, 0) is 0 Å². The second-order valence-electron chi connectivity index (χ2n) is 5.13. The monoisotopic (exact) mass is 249 g/mol. The zero-order valence-corrected chi connectivity index (χ0v) is 11.0. The van der Waals surface area contributed by atoms with Crippen molar-refractivity contribution >= 4 is 0 Å². The number of ether oxygens (including phenoxy) is 1. The molecule has 1 aliphatic rings. The van der Waals surface area contributed by atoms with Crippen molar-refractivity contribution in [3.63, 3.8) is 0 Å². The zero-order chi connectivity index (χ0) is 13.0. The smallest absolute Gasteiger partial charge is 0.118 e. The lowest BCUT2D eigenvalue weighted by Crippen LogP contribution is -2.33. The third-order valence-electron chi connectivity index (χ3n) is 4.10. The van der Waals surface area contributed by atoms with Gasteiger partial charge in [0.15, 0.2) is 0 Å². The summed E-state index contributed by atoms with van der Waals surface area (Å²) < 4.78 is 5.17. The van der Waals surface area contributed by atoms with Gasteiger partial charge in [-0.05, 0) is 43.0 Å². The average Bonchev–Trinajstić information content (AvgIpc) is 2.42. The number of nitrogens with two attached hydrogens (primary N) is 1. The van der Waals surface area contributed by atoms with Crippen LogP contribution in [0, 0.1) is 5.92 Å². The number of hydrogen-bond donors (Lipinski definition) is 2. The van der Waals surface area contributed by atoms with Crippen molar-refractivity contribution in [3.8, 4) is 5.75 Å². The van der Waals surface area contributed by atoms with E-state index in [4.69, 9.17) is 10.5 Å². The molecule has 1 aromatic carbocycles. The predicted octanol–water partition coefficient (Wildman–Crippen LogP) is 2.29. The predicted molar refractivity (Wildman–Crippen MR) is 72.8 cm³/mol. The number of hydrogen-bond acceptors (Lipinski definition) is 3. The molecule has 0 saturated heterocycles. The van der Waals surface area contributed by atoms with Gasteiger partial charge in [-0.15, -0.1) is 0 Å². The SMILES string of the molecule is COc1ccc([C@H](CN)C2CCCC[C@@H]2O)cc1. The second-order valence-corrected chi connectivity index (χ2v) is 5.13. The van der Waals surface area contributed by atoms with E-state index in [9.17, 15) is 5.11 Å². The van der Waals surface area contributed by atoms with Gasteiger partial charge in [-0.25, -0.2) is 0 Å². The lowest BCUT2D eigenvalue weighted by molar-refractivity contribution is 0.0561. The van der Waals surface area contributed by atoms with Crippen molar-refractivity contribution in [1.82, 2.24) is 0 Å². The van der Waals surface area contributed by atoms with Gasteiger partial charge >= 0.3 is 0 Å². The van der Waals surface area contributed by atoms with Gasteiger partial charge in [0.25, 0.3) is 0 Å². The summed E-state index contributed by atoms with van der Waals surface area (Å²) in [6, 6.07) is 8.07. The Morgan fingerprint density at radius 3 is 2.50 bits per heavy atom. The molecule has 100 valence electrons. The van der Waals surface area contributed by atoms with E-state index in [0.29, 0.717) is 12.5 Å². The first kappa shape index (κ1) is 13.4. The number of aliphatic hydroxyl groups excluding tert-OH is 1. The highest BCUT2D eigenvalue weighted by Crippen LogP contribution is 2.36. The molecular formula is C15H23NO2. The molecule has 1 aliphatic carbocycles. The lowest BCUT2D eigenvalue weighted by Gasteiger charge is -2.34. The van der Waals surface area contributed by atoms with Gasteiger partial charge in [-0.3, -0.25) is 0 Å². The highest BCUT2D eigenvalue weighted by atomic mass is 16.5. The molecule has 1 fully saturated rings. The Morgan fingerprint density at radius 2 is 1.94 bits per heavy atom.